The third-order valence-corrected chi connectivity index (χ3v) is 4.64. The summed E-state index contributed by atoms with van der Waals surface area (Å²) in [6.45, 7) is 3.43. The van der Waals surface area contributed by atoms with Gasteiger partial charge >= 0.3 is 0 Å². The number of nitrogens with zero attached hydrogens (tertiary/aromatic N) is 4. The Balaban J connectivity index is 1.72. The van der Waals surface area contributed by atoms with E-state index >= 15 is 0 Å². The van der Waals surface area contributed by atoms with E-state index in [2.05, 4.69) is 20.8 Å². The van der Waals surface area contributed by atoms with Crippen molar-refractivity contribution in [3.05, 3.63) is 54.1 Å². The Hall–Kier alpha value is -2.54. The molecule has 3 rings (SSSR count). The van der Waals surface area contributed by atoms with Crippen molar-refractivity contribution in [1.29, 1.82) is 0 Å². The summed E-state index contributed by atoms with van der Waals surface area (Å²) in [5.41, 5.74) is 3.11. The van der Waals surface area contributed by atoms with Gasteiger partial charge in [-0.15, -0.1) is 5.10 Å². The van der Waals surface area contributed by atoms with Gasteiger partial charge < -0.3 is 5.32 Å². The lowest BCUT2D eigenvalue weighted by molar-refractivity contribution is 0.631. The van der Waals surface area contributed by atoms with Crippen LogP contribution in [0.15, 0.2) is 53.4 Å². The van der Waals surface area contributed by atoms with Gasteiger partial charge in [-0.2, -0.15) is 0 Å². The maximum absolute atomic E-state index is 11.4. The molecule has 0 aliphatic carbocycles. The number of hydrogen-bond acceptors (Lipinski definition) is 5. The molecule has 0 aliphatic heterocycles. The highest BCUT2D eigenvalue weighted by atomic mass is 32.2. The van der Waals surface area contributed by atoms with E-state index in [0.717, 1.165) is 34.1 Å². The average Bonchev–Trinajstić information content (AvgIpc) is 3.09. The van der Waals surface area contributed by atoms with Crippen molar-refractivity contribution in [2.75, 3.05) is 11.6 Å². The fourth-order valence-electron chi connectivity index (χ4n) is 2.40. The normalized spacial score (nSPS) is 12.1. The molecule has 7 heteroatoms. The van der Waals surface area contributed by atoms with Gasteiger partial charge in [0, 0.05) is 46.3 Å². The third-order valence-electron chi connectivity index (χ3n) is 3.70. The van der Waals surface area contributed by atoms with Crippen molar-refractivity contribution in [2.45, 2.75) is 24.9 Å². The monoisotopic (exact) mass is 341 g/mol. The van der Waals surface area contributed by atoms with Crippen LogP contribution >= 0.6 is 0 Å². The summed E-state index contributed by atoms with van der Waals surface area (Å²) < 4.78 is 13.2. The van der Waals surface area contributed by atoms with Gasteiger partial charge in [0.15, 0.2) is 5.82 Å². The molecule has 0 amide bonds. The van der Waals surface area contributed by atoms with Crippen LogP contribution in [0.2, 0.25) is 0 Å². The maximum atomic E-state index is 11.4. The summed E-state index contributed by atoms with van der Waals surface area (Å²) in [5.74, 6) is 0.760. The zero-order valence-corrected chi connectivity index (χ0v) is 14.5. The summed E-state index contributed by atoms with van der Waals surface area (Å²) in [7, 11) is -0.942. The van der Waals surface area contributed by atoms with E-state index in [1.54, 1.807) is 10.9 Å². The molecule has 0 aliphatic rings. The van der Waals surface area contributed by atoms with Crippen molar-refractivity contribution < 1.29 is 4.21 Å². The second-order valence-corrected chi connectivity index (χ2v) is 6.73. The van der Waals surface area contributed by atoms with Gasteiger partial charge in [-0.3, -0.25) is 4.21 Å². The van der Waals surface area contributed by atoms with Gasteiger partial charge in [-0.1, -0.05) is 24.3 Å². The highest BCUT2D eigenvalue weighted by Gasteiger charge is 2.08. The number of anilines is 1. The quantitative estimate of drug-likeness (QED) is 0.746. The zero-order valence-electron chi connectivity index (χ0n) is 13.6. The Morgan fingerprint density at radius 3 is 2.67 bits per heavy atom. The van der Waals surface area contributed by atoms with E-state index in [0.29, 0.717) is 6.54 Å². The van der Waals surface area contributed by atoms with E-state index in [-0.39, 0.29) is 0 Å². The average molecular weight is 341 g/mol. The van der Waals surface area contributed by atoms with Gasteiger partial charge in [0.25, 0.3) is 0 Å². The molecule has 1 atom stereocenters. The van der Waals surface area contributed by atoms with Crippen LogP contribution in [0, 0.1) is 0 Å². The summed E-state index contributed by atoms with van der Waals surface area (Å²) in [5, 5.41) is 15.2. The minimum absolute atomic E-state index is 0.693. The SMILES string of the molecule is CCn1nnnc1-c1cccc(NCc2ccc([S@](C)=O)cc2)c1. The number of hydrogen-bond donors (Lipinski definition) is 1. The summed E-state index contributed by atoms with van der Waals surface area (Å²) in [6.07, 6.45) is 1.68. The van der Waals surface area contributed by atoms with Crippen LogP contribution in [0.4, 0.5) is 5.69 Å². The topological polar surface area (TPSA) is 72.7 Å². The van der Waals surface area contributed by atoms with Gasteiger partial charge in [-0.05, 0) is 47.2 Å². The molecule has 24 heavy (non-hydrogen) atoms. The number of rotatable bonds is 6. The van der Waals surface area contributed by atoms with Crippen LogP contribution in [-0.4, -0.2) is 30.7 Å². The van der Waals surface area contributed by atoms with Crippen molar-refractivity contribution in [2.24, 2.45) is 0 Å². The molecule has 0 fully saturated rings. The molecule has 0 saturated carbocycles. The van der Waals surface area contributed by atoms with Crippen LogP contribution in [0.5, 0.6) is 0 Å². The Morgan fingerprint density at radius 2 is 1.96 bits per heavy atom. The largest absolute Gasteiger partial charge is 0.381 e. The molecule has 1 N–H and O–H groups in total. The number of tetrazole rings is 1. The van der Waals surface area contributed by atoms with Crippen LogP contribution in [0.1, 0.15) is 12.5 Å². The first-order chi connectivity index (χ1) is 11.7. The zero-order chi connectivity index (χ0) is 16.9. The Bertz CT molecular complexity index is 844. The first-order valence-corrected chi connectivity index (χ1v) is 9.26. The summed E-state index contributed by atoms with van der Waals surface area (Å²) in [4.78, 5) is 0.840. The first kappa shape index (κ1) is 16.3. The number of aromatic nitrogens is 4. The fourth-order valence-corrected chi connectivity index (χ4v) is 2.92. The minimum atomic E-state index is -0.942. The van der Waals surface area contributed by atoms with Gasteiger partial charge in [0.2, 0.25) is 0 Å². The highest BCUT2D eigenvalue weighted by Crippen LogP contribution is 2.20. The first-order valence-electron chi connectivity index (χ1n) is 7.70. The van der Waals surface area contributed by atoms with Crippen LogP contribution in [0.3, 0.4) is 0 Å². The fraction of sp³-hybridized carbons (Fsp3) is 0.235. The van der Waals surface area contributed by atoms with Crippen molar-refractivity contribution in [3.63, 3.8) is 0 Å². The van der Waals surface area contributed by atoms with Crippen LogP contribution in [0.25, 0.3) is 11.4 Å². The maximum Gasteiger partial charge on any atom is 0.182 e. The lowest BCUT2D eigenvalue weighted by Crippen LogP contribution is -2.02. The molecule has 0 saturated heterocycles. The van der Waals surface area contributed by atoms with E-state index in [9.17, 15) is 4.21 Å². The van der Waals surface area contributed by atoms with Gasteiger partial charge in [-0.25, -0.2) is 4.68 Å². The molecule has 1 heterocycles. The summed E-state index contributed by atoms with van der Waals surface area (Å²) >= 11 is 0. The smallest absolute Gasteiger partial charge is 0.182 e. The summed E-state index contributed by atoms with van der Waals surface area (Å²) in [6, 6.07) is 15.8. The molecule has 0 radical (unpaired) electrons. The van der Waals surface area contributed by atoms with Crippen molar-refractivity contribution >= 4 is 16.5 Å². The highest BCUT2D eigenvalue weighted by molar-refractivity contribution is 7.84. The third kappa shape index (κ3) is 3.68. The minimum Gasteiger partial charge on any atom is -0.381 e. The van der Waals surface area contributed by atoms with E-state index < -0.39 is 10.8 Å². The van der Waals surface area contributed by atoms with Crippen molar-refractivity contribution in [1.82, 2.24) is 20.2 Å². The molecule has 0 unspecified atom stereocenters. The molecular weight excluding hydrogens is 322 g/mol. The molecule has 2 aromatic carbocycles. The number of aryl methyl sites for hydroxylation is 1. The number of benzene rings is 2. The molecule has 3 aromatic rings. The van der Waals surface area contributed by atoms with Crippen molar-refractivity contribution in [3.8, 4) is 11.4 Å². The van der Waals surface area contributed by atoms with E-state index in [1.165, 1.54) is 0 Å². The van der Waals surface area contributed by atoms with Gasteiger partial charge in [0.1, 0.15) is 0 Å². The van der Waals surface area contributed by atoms with Gasteiger partial charge in [0.05, 0.1) is 0 Å². The lowest BCUT2D eigenvalue weighted by Gasteiger charge is -2.09. The molecule has 124 valence electrons. The standard InChI is InChI=1S/C17H19N5OS/c1-3-22-17(19-20-21-22)14-5-4-6-15(11-14)18-12-13-7-9-16(10-8-13)24(2)23/h4-11,18H,3,12H2,1-2H3/t24-/m0/s1. The molecule has 6 nitrogen and oxygen atoms in total. The Labute approximate surface area is 143 Å². The molecule has 0 bridgehead atoms. The molecule has 1 aromatic heterocycles. The lowest BCUT2D eigenvalue weighted by atomic mass is 10.1. The predicted molar refractivity (Wildman–Crippen MR) is 95.0 cm³/mol. The molecular formula is C17H19N5OS. The number of nitrogens with one attached hydrogen (secondary N) is 1. The van der Waals surface area contributed by atoms with Crippen LogP contribution < -0.4 is 5.32 Å². The molecule has 0 spiro atoms. The predicted octanol–water partition coefficient (Wildman–Crippen LogP) is 2.71. The van der Waals surface area contributed by atoms with Crippen LogP contribution in [-0.2, 0) is 23.9 Å². The van der Waals surface area contributed by atoms with E-state index in [4.69, 9.17) is 0 Å². The van der Waals surface area contributed by atoms with E-state index in [1.807, 2.05) is 55.5 Å². The Kier molecular flexibility index (Phi) is 5.00. The Morgan fingerprint density at radius 1 is 1.17 bits per heavy atom. The second kappa shape index (κ2) is 7.35. The second-order valence-electron chi connectivity index (χ2n) is 5.35.